The molecule has 0 aromatic carbocycles. The maximum absolute atomic E-state index is 11.8. The molecule has 0 saturated carbocycles. The number of thiazole rings is 1. The van der Waals surface area contributed by atoms with Crippen molar-refractivity contribution >= 4 is 17.2 Å². The Morgan fingerprint density at radius 3 is 2.85 bits per heavy atom. The topological polar surface area (TPSA) is 54.9 Å². The molecule has 1 N–H and O–H groups in total. The average molecular weight is 289 g/mol. The zero-order valence-electron chi connectivity index (χ0n) is 12.0. The van der Waals surface area contributed by atoms with Crippen molar-refractivity contribution in [1.29, 1.82) is 0 Å². The summed E-state index contributed by atoms with van der Waals surface area (Å²) in [5, 5.41) is 5.94. The predicted octanol–water partition coefficient (Wildman–Crippen LogP) is 3.05. The van der Waals surface area contributed by atoms with E-state index < -0.39 is 0 Å². The van der Waals surface area contributed by atoms with Crippen LogP contribution in [0.1, 0.15) is 32.2 Å². The molecule has 4 nitrogen and oxygen atoms in total. The molecule has 106 valence electrons. The molecule has 0 saturated heterocycles. The number of pyridine rings is 1. The number of amides is 1. The molecule has 2 heterocycles. The number of carbonyl (C=O) groups is 1. The first-order valence-electron chi connectivity index (χ1n) is 6.60. The van der Waals surface area contributed by atoms with E-state index in [-0.39, 0.29) is 11.4 Å². The molecule has 0 fully saturated rings. The molecule has 0 aliphatic heterocycles. The molecule has 0 aliphatic rings. The lowest BCUT2D eigenvalue weighted by molar-refractivity contribution is -0.122. The van der Waals surface area contributed by atoms with Crippen LogP contribution in [-0.2, 0) is 11.2 Å². The third-order valence-corrected chi connectivity index (χ3v) is 3.50. The van der Waals surface area contributed by atoms with Crippen LogP contribution in [0.4, 0.5) is 0 Å². The van der Waals surface area contributed by atoms with Gasteiger partial charge in [0.2, 0.25) is 5.91 Å². The van der Waals surface area contributed by atoms with E-state index >= 15 is 0 Å². The number of rotatable bonds is 4. The minimum atomic E-state index is -0.180. The molecule has 0 spiro atoms. The second-order valence-electron chi connectivity index (χ2n) is 5.67. The highest BCUT2D eigenvalue weighted by atomic mass is 32.1. The third-order valence-electron chi connectivity index (χ3n) is 2.59. The molecular formula is C15H19N3OS. The monoisotopic (exact) mass is 289 g/mol. The lowest BCUT2D eigenvalue weighted by Crippen LogP contribution is -2.40. The van der Waals surface area contributed by atoms with Gasteiger partial charge in [0.25, 0.3) is 0 Å². The Bertz CT molecular complexity index is 572. The maximum Gasteiger partial charge on any atom is 0.220 e. The standard InChI is InChI=1S/C15H19N3OS/c1-15(2,3)18-13(19)6-7-14-17-12(10-20-14)11-5-4-8-16-9-11/h4-5,8-10H,6-7H2,1-3H3,(H,18,19). The van der Waals surface area contributed by atoms with Crippen LogP contribution in [0.5, 0.6) is 0 Å². The highest BCUT2D eigenvalue weighted by Gasteiger charge is 2.14. The van der Waals surface area contributed by atoms with Crippen LogP contribution in [0.15, 0.2) is 29.9 Å². The van der Waals surface area contributed by atoms with E-state index in [1.54, 1.807) is 23.7 Å². The van der Waals surface area contributed by atoms with Gasteiger partial charge in [-0.05, 0) is 32.9 Å². The number of hydrogen-bond donors (Lipinski definition) is 1. The molecular weight excluding hydrogens is 270 g/mol. The Morgan fingerprint density at radius 1 is 1.40 bits per heavy atom. The van der Waals surface area contributed by atoms with Gasteiger partial charge in [0.05, 0.1) is 10.7 Å². The van der Waals surface area contributed by atoms with Crippen LogP contribution in [0.3, 0.4) is 0 Å². The zero-order valence-corrected chi connectivity index (χ0v) is 12.8. The lowest BCUT2D eigenvalue weighted by atomic mass is 10.1. The van der Waals surface area contributed by atoms with Crippen LogP contribution in [0.2, 0.25) is 0 Å². The second-order valence-corrected chi connectivity index (χ2v) is 6.61. The molecule has 20 heavy (non-hydrogen) atoms. The fourth-order valence-electron chi connectivity index (χ4n) is 1.77. The summed E-state index contributed by atoms with van der Waals surface area (Å²) in [5.41, 5.74) is 1.75. The number of aromatic nitrogens is 2. The first-order chi connectivity index (χ1) is 9.44. The van der Waals surface area contributed by atoms with Gasteiger partial charge in [-0.2, -0.15) is 0 Å². The quantitative estimate of drug-likeness (QED) is 0.941. The molecule has 1 amide bonds. The number of carbonyl (C=O) groups excluding carboxylic acids is 1. The highest BCUT2D eigenvalue weighted by molar-refractivity contribution is 7.09. The Balaban J connectivity index is 1.92. The van der Waals surface area contributed by atoms with Crippen LogP contribution in [0.25, 0.3) is 11.3 Å². The molecule has 0 unspecified atom stereocenters. The summed E-state index contributed by atoms with van der Waals surface area (Å²) < 4.78 is 0. The molecule has 0 radical (unpaired) electrons. The third kappa shape index (κ3) is 4.42. The van der Waals surface area contributed by atoms with Crippen molar-refractivity contribution < 1.29 is 4.79 Å². The van der Waals surface area contributed by atoms with Gasteiger partial charge in [0.15, 0.2) is 0 Å². The van der Waals surface area contributed by atoms with Gasteiger partial charge in [0.1, 0.15) is 0 Å². The van der Waals surface area contributed by atoms with E-state index in [0.717, 1.165) is 16.3 Å². The number of hydrogen-bond acceptors (Lipinski definition) is 4. The first-order valence-corrected chi connectivity index (χ1v) is 7.48. The van der Waals surface area contributed by atoms with Gasteiger partial charge < -0.3 is 5.32 Å². The van der Waals surface area contributed by atoms with Gasteiger partial charge in [-0.25, -0.2) is 4.98 Å². The Morgan fingerprint density at radius 2 is 2.20 bits per heavy atom. The fourth-order valence-corrected chi connectivity index (χ4v) is 2.58. The summed E-state index contributed by atoms with van der Waals surface area (Å²) in [6.45, 7) is 5.94. The minimum absolute atomic E-state index is 0.0654. The highest BCUT2D eigenvalue weighted by Crippen LogP contribution is 2.21. The molecule has 0 aliphatic carbocycles. The lowest BCUT2D eigenvalue weighted by Gasteiger charge is -2.20. The summed E-state index contributed by atoms with van der Waals surface area (Å²) in [7, 11) is 0. The van der Waals surface area contributed by atoms with Gasteiger partial charge in [-0.1, -0.05) is 0 Å². The van der Waals surface area contributed by atoms with E-state index in [9.17, 15) is 4.79 Å². The number of nitrogens with zero attached hydrogens (tertiary/aromatic N) is 2. The summed E-state index contributed by atoms with van der Waals surface area (Å²) in [6.07, 6.45) is 4.68. The van der Waals surface area contributed by atoms with E-state index in [1.807, 2.05) is 38.3 Å². The number of nitrogens with one attached hydrogen (secondary N) is 1. The van der Waals surface area contributed by atoms with E-state index in [1.165, 1.54) is 0 Å². The second kappa shape index (κ2) is 6.13. The minimum Gasteiger partial charge on any atom is -0.351 e. The van der Waals surface area contributed by atoms with Crippen molar-refractivity contribution in [2.24, 2.45) is 0 Å². The van der Waals surface area contributed by atoms with Crippen LogP contribution < -0.4 is 5.32 Å². The molecule has 0 atom stereocenters. The van der Waals surface area contributed by atoms with Crippen LogP contribution in [0, 0.1) is 0 Å². The van der Waals surface area contributed by atoms with Gasteiger partial charge in [0, 0.05) is 41.7 Å². The van der Waals surface area contributed by atoms with E-state index in [0.29, 0.717) is 12.8 Å². The molecule has 2 aromatic rings. The molecule has 2 rings (SSSR count). The van der Waals surface area contributed by atoms with Crippen molar-refractivity contribution in [2.45, 2.75) is 39.2 Å². The Kier molecular flexibility index (Phi) is 4.49. The van der Waals surface area contributed by atoms with Crippen molar-refractivity contribution in [3.63, 3.8) is 0 Å². The maximum atomic E-state index is 11.8. The Labute approximate surface area is 123 Å². The summed E-state index contributed by atoms with van der Waals surface area (Å²) in [4.78, 5) is 20.4. The predicted molar refractivity (Wildman–Crippen MR) is 81.6 cm³/mol. The smallest absolute Gasteiger partial charge is 0.220 e. The molecule has 2 aromatic heterocycles. The SMILES string of the molecule is CC(C)(C)NC(=O)CCc1nc(-c2cccnc2)cs1. The summed E-state index contributed by atoms with van der Waals surface area (Å²) >= 11 is 1.59. The van der Waals surface area contributed by atoms with Crippen LogP contribution in [-0.4, -0.2) is 21.4 Å². The molecule has 5 heteroatoms. The van der Waals surface area contributed by atoms with Crippen molar-refractivity contribution in [3.05, 3.63) is 34.9 Å². The van der Waals surface area contributed by atoms with Crippen molar-refractivity contribution in [2.75, 3.05) is 0 Å². The van der Waals surface area contributed by atoms with Gasteiger partial charge in [-0.15, -0.1) is 11.3 Å². The van der Waals surface area contributed by atoms with Crippen LogP contribution >= 0.6 is 11.3 Å². The van der Waals surface area contributed by atoms with Crippen molar-refractivity contribution in [3.8, 4) is 11.3 Å². The fraction of sp³-hybridized carbons (Fsp3) is 0.400. The average Bonchev–Trinajstić information content (AvgIpc) is 2.84. The van der Waals surface area contributed by atoms with E-state index in [2.05, 4.69) is 15.3 Å². The first kappa shape index (κ1) is 14.7. The zero-order chi connectivity index (χ0) is 14.6. The number of aryl methyl sites for hydroxylation is 1. The van der Waals surface area contributed by atoms with Gasteiger partial charge >= 0.3 is 0 Å². The van der Waals surface area contributed by atoms with Gasteiger partial charge in [-0.3, -0.25) is 9.78 Å². The summed E-state index contributed by atoms with van der Waals surface area (Å²) in [6, 6.07) is 3.88. The Hall–Kier alpha value is -1.75. The normalized spacial score (nSPS) is 11.3. The van der Waals surface area contributed by atoms with E-state index in [4.69, 9.17) is 0 Å². The largest absolute Gasteiger partial charge is 0.351 e. The molecule has 0 bridgehead atoms. The van der Waals surface area contributed by atoms with Crippen molar-refractivity contribution in [1.82, 2.24) is 15.3 Å². The summed E-state index contributed by atoms with van der Waals surface area (Å²) in [5.74, 6) is 0.0654.